The third kappa shape index (κ3) is 6.06. The summed E-state index contributed by atoms with van der Waals surface area (Å²) in [6, 6.07) is 9.89. The molecule has 1 heterocycles. The largest absolute Gasteiger partial charge is 0.493 e. The molecule has 0 saturated heterocycles. The quantitative estimate of drug-likeness (QED) is 0.390. The molecule has 172 valence electrons. The zero-order chi connectivity index (χ0) is 24.6. The van der Waals surface area contributed by atoms with Crippen molar-refractivity contribution in [2.24, 2.45) is 5.92 Å². The van der Waals surface area contributed by atoms with Crippen molar-refractivity contribution in [1.82, 2.24) is 0 Å². The Bertz CT molecular complexity index is 1090. The van der Waals surface area contributed by atoms with Crippen molar-refractivity contribution in [3.63, 3.8) is 0 Å². The number of aryl methyl sites for hydroxylation is 2. The van der Waals surface area contributed by atoms with Crippen molar-refractivity contribution in [3.05, 3.63) is 57.4 Å². The monoisotopic (exact) mass is 443 g/mol. The lowest BCUT2D eigenvalue weighted by molar-refractivity contribution is 0.0954. The van der Waals surface area contributed by atoms with Gasteiger partial charge in [-0.2, -0.15) is 15.8 Å². The summed E-state index contributed by atoms with van der Waals surface area (Å²) in [5, 5.41) is 28.1. The number of hydrogen-bond acceptors (Lipinski definition) is 5. The van der Waals surface area contributed by atoms with Gasteiger partial charge in [-0.25, -0.2) is 0 Å². The van der Waals surface area contributed by atoms with E-state index in [-0.39, 0.29) is 16.9 Å². The zero-order valence-corrected chi connectivity index (χ0v) is 20.6. The first-order valence-electron chi connectivity index (χ1n) is 11.5. The molecule has 0 N–H and O–H groups in total. The molecule has 0 bridgehead atoms. The Hall–Kier alpha value is -3.49. The molecule has 0 spiro atoms. The van der Waals surface area contributed by atoms with E-state index in [1.54, 1.807) is 0 Å². The van der Waals surface area contributed by atoms with E-state index < -0.39 is 5.60 Å². The Balaban J connectivity index is 2.33. The van der Waals surface area contributed by atoms with Gasteiger partial charge in [0.1, 0.15) is 35.1 Å². The van der Waals surface area contributed by atoms with Crippen molar-refractivity contribution in [2.75, 3.05) is 6.61 Å². The molecule has 5 nitrogen and oxygen atoms in total. The molecule has 1 unspecified atom stereocenters. The molecule has 0 saturated carbocycles. The van der Waals surface area contributed by atoms with E-state index in [1.165, 1.54) is 19.3 Å². The van der Waals surface area contributed by atoms with Gasteiger partial charge in [-0.05, 0) is 68.9 Å². The second-order valence-corrected chi connectivity index (χ2v) is 8.98. The highest BCUT2D eigenvalue weighted by atomic mass is 16.5. The standard InChI is InChI=1S/C28H33N3O2/c1-7-9-10-21(8-2)18-32-26-14-19(3)22(13-20(26)4)11-12-25-24(17-31)27(23(15-29)16-30)33-28(25,5)6/h11-14,21H,7-10,18H2,1-6H3/b12-11+. The van der Waals surface area contributed by atoms with Crippen LogP contribution in [-0.4, -0.2) is 12.2 Å². The molecule has 0 radical (unpaired) electrons. The fourth-order valence-electron chi connectivity index (χ4n) is 3.91. The van der Waals surface area contributed by atoms with Crippen LogP contribution < -0.4 is 4.74 Å². The van der Waals surface area contributed by atoms with Crippen LogP contribution in [0.2, 0.25) is 0 Å². The van der Waals surface area contributed by atoms with Gasteiger partial charge in [0.25, 0.3) is 0 Å². The maximum atomic E-state index is 9.70. The SMILES string of the molecule is CCCCC(CC)COc1cc(C)c(/C=C/C2=C(C#N)C(=C(C#N)C#N)OC2(C)C)cc1C. The van der Waals surface area contributed by atoms with E-state index in [0.29, 0.717) is 11.5 Å². The molecule has 1 atom stereocenters. The molecular weight excluding hydrogens is 410 g/mol. The fourth-order valence-corrected chi connectivity index (χ4v) is 3.91. The Morgan fingerprint density at radius 1 is 1.09 bits per heavy atom. The summed E-state index contributed by atoms with van der Waals surface area (Å²) in [5.74, 6) is 1.52. The minimum atomic E-state index is -0.824. The fraction of sp³-hybridized carbons (Fsp3) is 0.464. The third-order valence-electron chi connectivity index (χ3n) is 6.08. The third-order valence-corrected chi connectivity index (χ3v) is 6.08. The van der Waals surface area contributed by atoms with E-state index in [9.17, 15) is 15.8 Å². The number of unbranched alkanes of at least 4 members (excludes halogenated alkanes) is 1. The van der Waals surface area contributed by atoms with Crippen LogP contribution in [0.25, 0.3) is 6.08 Å². The first kappa shape index (κ1) is 25.8. The Morgan fingerprint density at radius 2 is 1.79 bits per heavy atom. The molecular formula is C28H33N3O2. The molecule has 5 heteroatoms. The van der Waals surface area contributed by atoms with Crippen LogP contribution >= 0.6 is 0 Å². The smallest absolute Gasteiger partial charge is 0.172 e. The van der Waals surface area contributed by atoms with E-state index in [2.05, 4.69) is 32.0 Å². The number of hydrogen-bond donors (Lipinski definition) is 0. The highest BCUT2D eigenvalue weighted by molar-refractivity contribution is 5.66. The van der Waals surface area contributed by atoms with E-state index in [0.717, 1.165) is 35.5 Å². The van der Waals surface area contributed by atoms with E-state index >= 15 is 0 Å². The number of nitriles is 3. The van der Waals surface area contributed by atoms with Crippen LogP contribution in [0.3, 0.4) is 0 Å². The summed E-state index contributed by atoms with van der Waals surface area (Å²) in [7, 11) is 0. The van der Waals surface area contributed by atoms with Gasteiger partial charge in [0.15, 0.2) is 11.3 Å². The first-order chi connectivity index (χ1) is 15.7. The van der Waals surface area contributed by atoms with Gasteiger partial charge in [-0.3, -0.25) is 0 Å². The molecule has 2 rings (SSSR count). The van der Waals surface area contributed by atoms with Gasteiger partial charge in [-0.1, -0.05) is 45.3 Å². The summed E-state index contributed by atoms with van der Waals surface area (Å²) in [6.45, 7) is 12.9. The number of allylic oxidation sites excluding steroid dienone is 2. The summed E-state index contributed by atoms with van der Waals surface area (Å²) >= 11 is 0. The van der Waals surface area contributed by atoms with Crippen molar-refractivity contribution in [1.29, 1.82) is 15.8 Å². The van der Waals surface area contributed by atoms with Crippen LogP contribution in [0.15, 0.2) is 40.7 Å². The molecule has 0 amide bonds. The number of rotatable bonds is 9. The number of ether oxygens (including phenoxy) is 2. The average molecular weight is 444 g/mol. The lowest BCUT2D eigenvalue weighted by Gasteiger charge is -2.20. The Morgan fingerprint density at radius 3 is 2.36 bits per heavy atom. The average Bonchev–Trinajstić information content (AvgIpc) is 3.05. The minimum Gasteiger partial charge on any atom is -0.493 e. The highest BCUT2D eigenvalue weighted by Crippen LogP contribution is 2.40. The van der Waals surface area contributed by atoms with E-state index in [4.69, 9.17) is 9.47 Å². The maximum absolute atomic E-state index is 9.70. The molecule has 0 fully saturated rings. The Kier molecular flexibility index (Phi) is 8.90. The summed E-state index contributed by atoms with van der Waals surface area (Å²) in [4.78, 5) is 0. The highest BCUT2D eigenvalue weighted by Gasteiger charge is 2.38. The second-order valence-electron chi connectivity index (χ2n) is 8.98. The molecule has 0 aliphatic carbocycles. The van der Waals surface area contributed by atoms with Crippen LogP contribution in [0.4, 0.5) is 0 Å². The van der Waals surface area contributed by atoms with Gasteiger partial charge < -0.3 is 9.47 Å². The Labute approximate surface area is 198 Å². The zero-order valence-electron chi connectivity index (χ0n) is 20.6. The van der Waals surface area contributed by atoms with Gasteiger partial charge in [0, 0.05) is 5.57 Å². The molecule has 1 aromatic rings. The number of benzene rings is 1. The van der Waals surface area contributed by atoms with Crippen molar-refractivity contribution >= 4 is 6.08 Å². The predicted molar refractivity (Wildman–Crippen MR) is 130 cm³/mol. The van der Waals surface area contributed by atoms with Crippen LogP contribution in [0.1, 0.15) is 70.1 Å². The summed E-state index contributed by atoms with van der Waals surface area (Å²) < 4.78 is 12.0. The van der Waals surface area contributed by atoms with E-state index in [1.807, 2.05) is 52.0 Å². The van der Waals surface area contributed by atoms with Gasteiger partial charge >= 0.3 is 0 Å². The van der Waals surface area contributed by atoms with Crippen LogP contribution in [0.5, 0.6) is 5.75 Å². The lowest BCUT2D eigenvalue weighted by Crippen LogP contribution is -2.20. The minimum absolute atomic E-state index is 0.0531. The molecule has 33 heavy (non-hydrogen) atoms. The number of nitrogens with zero attached hydrogens (tertiary/aromatic N) is 3. The molecule has 1 aliphatic heterocycles. The summed E-state index contributed by atoms with van der Waals surface area (Å²) in [6.07, 6.45) is 8.52. The van der Waals surface area contributed by atoms with Crippen molar-refractivity contribution in [2.45, 2.75) is 72.8 Å². The van der Waals surface area contributed by atoms with Gasteiger partial charge in [-0.15, -0.1) is 0 Å². The topological polar surface area (TPSA) is 89.8 Å². The normalized spacial score (nSPS) is 15.5. The second kappa shape index (κ2) is 11.4. The molecule has 0 aromatic heterocycles. The lowest BCUT2D eigenvalue weighted by atomic mass is 9.93. The first-order valence-corrected chi connectivity index (χ1v) is 11.5. The van der Waals surface area contributed by atoms with Crippen molar-refractivity contribution < 1.29 is 9.47 Å². The van der Waals surface area contributed by atoms with Gasteiger partial charge in [0.05, 0.1) is 6.61 Å². The van der Waals surface area contributed by atoms with Crippen LogP contribution in [0, 0.1) is 53.8 Å². The maximum Gasteiger partial charge on any atom is 0.172 e. The molecule has 1 aliphatic rings. The summed E-state index contributed by atoms with van der Waals surface area (Å²) in [5.41, 5.74) is 2.98. The molecule has 1 aromatic carbocycles. The predicted octanol–water partition coefficient (Wildman–Crippen LogP) is 6.84. The van der Waals surface area contributed by atoms with Crippen LogP contribution in [-0.2, 0) is 4.74 Å². The van der Waals surface area contributed by atoms with Crippen molar-refractivity contribution in [3.8, 4) is 24.0 Å². The van der Waals surface area contributed by atoms with Gasteiger partial charge in [0.2, 0.25) is 0 Å².